The molecule has 0 unspecified atom stereocenters. The third-order valence-electron chi connectivity index (χ3n) is 5.56. The molecule has 33 heavy (non-hydrogen) atoms. The third-order valence-corrected chi connectivity index (χ3v) is 7.70. The number of carbonyl (C=O) groups excluding carboxylic acids is 1. The van der Waals surface area contributed by atoms with Gasteiger partial charge in [0.05, 0.1) is 11.1 Å². The highest BCUT2D eigenvalue weighted by atomic mass is 32.2. The van der Waals surface area contributed by atoms with Gasteiger partial charge in [0.15, 0.2) is 5.16 Å². The molecule has 10 heteroatoms. The van der Waals surface area contributed by atoms with Crippen LogP contribution in [-0.2, 0) is 30.7 Å². The first kappa shape index (κ1) is 23.7. The summed E-state index contributed by atoms with van der Waals surface area (Å²) >= 11 is 2.88. The largest absolute Gasteiger partial charge is 0.435 e. The van der Waals surface area contributed by atoms with Crippen LogP contribution in [0.4, 0.5) is 8.78 Å². The van der Waals surface area contributed by atoms with Crippen molar-refractivity contribution < 1.29 is 18.3 Å². The number of rotatable bonds is 9. The zero-order valence-electron chi connectivity index (χ0n) is 18.5. The van der Waals surface area contributed by atoms with Crippen LogP contribution in [0.2, 0.25) is 0 Å². The van der Waals surface area contributed by atoms with Crippen molar-refractivity contribution in [3.63, 3.8) is 0 Å². The average molecular weight is 494 g/mol. The lowest BCUT2D eigenvalue weighted by Crippen LogP contribution is -2.29. The lowest BCUT2D eigenvalue weighted by Gasteiger charge is -2.18. The van der Waals surface area contributed by atoms with Crippen molar-refractivity contribution in [1.29, 1.82) is 0 Å². The van der Waals surface area contributed by atoms with Crippen molar-refractivity contribution in [2.45, 2.75) is 57.5 Å². The van der Waals surface area contributed by atoms with Crippen LogP contribution < -0.4 is 10.3 Å². The highest BCUT2D eigenvalue weighted by Gasteiger charge is 2.23. The van der Waals surface area contributed by atoms with Gasteiger partial charge in [0.1, 0.15) is 10.6 Å². The fraction of sp³-hybridized carbons (Fsp3) is 0.435. The van der Waals surface area contributed by atoms with Crippen molar-refractivity contribution in [2.24, 2.45) is 0 Å². The summed E-state index contributed by atoms with van der Waals surface area (Å²) < 4.78 is 30.6. The van der Waals surface area contributed by atoms with Gasteiger partial charge in [0.2, 0.25) is 5.91 Å². The number of amides is 1. The minimum atomic E-state index is -2.87. The number of aromatic nitrogens is 2. The SMILES string of the molecule is CCCn1c(SCC(=O)N(C)Cc2ccc(OC(F)F)cc2)nc2sc3c(c2c1=O)CCC3. The Bertz CT molecular complexity index is 1210. The van der Waals surface area contributed by atoms with Crippen LogP contribution in [0.25, 0.3) is 10.2 Å². The Labute approximate surface area is 198 Å². The highest BCUT2D eigenvalue weighted by Crippen LogP contribution is 2.35. The number of alkyl halides is 2. The maximum atomic E-state index is 13.2. The molecule has 2 aromatic heterocycles. The zero-order valence-corrected chi connectivity index (χ0v) is 20.1. The standard InChI is InChI=1S/C23H25F2N3O3S2/c1-3-11-28-21(30)19-16-5-4-6-17(16)33-20(19)26-23(28)32-13-18(29)27(2)12-14-7-9-15(10-8-14)31-22(24)25/h7-10,22H,3-6,11-13H2,1-2H3. The smallest absolute Gasteiger partial charge is 0.387 e. The predicted octanol–water partition coefficient (Wildman–Crippen LogP) is 4.71. The topological polar surface area (TPSA) is 64.4 Å². The van der Waals surface area contributed by atoms with Gasteiger partial charge in [0, 0.05) is 25.0 Å². The molecule has 1 aliphatic carbocycles. The second-order valence-corrected chi connectivity index (χ2v) is 9.98. The molecule has 1 amide bonds. The number of hydrogen-bond acceptors (Lipinski definition) is 6. The molecule has 0 spiro atoms. The summed E-state index contributed by atoms with van der Waals surface area (Å²) in [5, 5.41) is 1.33. The van der Waals surface area contributed by atoms with Crippen LogP contribution in [0, 0.1) is 0 Å². The second-order valence-electron chi connectivity index (χ2n) is 7.95. The van der Waals surface area contributed by atoms with Gasteiger partial charge in [-0.15, -0.1) is 11.3 Å². The van der Waals surface area contributed by atoms with E-state index in [9.17, 15) is 18.4 Å². The molecule has 0 saturated carbocycles. The maximum absolute atomic E-state index is 13.2. The molecule has 0 radical (unpaired) electrons. The van der Waals surface area contributed by atoms with Gasteiger partial charge < -0.3 is 9.64 Å². The molecular formula is C23H25F2N3O3S2. The molecule has 2 heterocycles. The first-order chi connectivity index (χ1) is 15.9. The molecule has 6 nitrogen and oxygen atoms in total. The number of nitrogens with zero attached hydrogens (tertiary/aromatic N) is 3. The van der Waals surface area contributed by atoms with E-state index in [1.165, 1.54) is 28.8 Å². The summed E-state index contributed by atoms with van der Waals surface area (Å²) in [6.07, 6.45) is 3.82. The Morgan fingerprint density at radius 1 is 1.30 bits per heavy atom. The van der Waals surface area contributed by atoms with Gasteiger partial charge >= 0.3 is 6.61 Å². The zero-order chi connectivity index (χ0) is 23.5. The molecule has 1 aromatic carbocycles. The Hall–Kier alpha value is -2.46. The van der Waals surface area contributed by atoms with E-state index in [2.05, 4.69) is 4.74 Å². The molecule has 0 bridgehead atoms. The van der Waals surface area contributed by atoms with Gasteiger partial charge in [-0.3, -0.25) is 14.2 Å². The third kappa shape index (κ3) is 5.22. The molecule has 1 aliphatic rings. The number of halogens is 2. The van der Waals surface area contributed by atoms with Crippen molar-refractivity contribution >= 4 is 39.2 Å². The molecule has 0 atom stereocenters. The molecule has 176 valence electrons. The summed E-state index contributed by atoms with van der Waals surface area (Å²) in [7, 11) is 1.69. The molecule has 4 rings (SSSR count). The number of aryl methyl sites for hydroxylation is 2. The van der Waals surface area contributed by atoms with Gasteiger partial charge in [-0.25, -0.2) is 4.98 Å². The van der Waals surface area contributed by atoms with Crippen molar-refractivity contribution in [2.75, 3.05) is 12.8 Å². The number of thiophene rings is 1. The summed E-state index contributed by atoms with van der Waals surface area (Å²) in [5.41, 5.74) is 1.96. The number of carbonyl (C=O) groups is 1. The molecule has 0 fully saturated rings. The van der Waals surface area contributed by atoms with E-state index in [-0.39, 0.29) is 23.0 Å². The normalized spacial score (nSPS) is 13.0. The fourth-order valence-electron chi connectivity index (χ4n) is 3.96. The Morgan fingerprint density at radius 2 is 2.06 bits per heavy atom. The van der Waals surface area contributed by atoms with Crippen molar-refractivity contribution in [3.8, 4) is 5.75 Å². The predicted molar refractivity (Wildman–Crippen MR) is 126 cm³/mol. The molecule has 0 N–H and O–H groups in total. The Kier molecular flexibility index (Phi) is 7.33. The molecule has 3 aromatic rings. The van der Waals surface area contributed by atoms with E-state index in [0.29, 0.717) is 18.2 Å². The van der Waals surface area contributed by atoms with Crippen LogP contribution in [0.1, 0.15) is 35.8 Å². The fourth-order valence-corrected chi connectivity index (χ4v) is 6.23. The van der Waals surface area contributed by atoms with Crippen molar-refractivity contribution in [1.82, 2.24) is 14.5 Å². The van der Waals surface area contributed by atoms with E-state index < -0.39 is 6.61 Å². The molecule has 0 aliphatic heterocycles. The summed E-state index contributed by atoms with van der Waals surface area (Å²) in [6.45, 7) is 0.0383. The summed E-state index contributed by atoms with van der Waals surface area (Å²) in [4.78, 5) is 34.3. The van der Waals surface area contributed by atoms with E-state index in [0.717, 1.165) is 47.0 Å². The number of hydrogen-bond donors (Lipinski definition) is 0. The van der Waals surface area contributed by atoms with E-state index in [4.69, 9.17) is 4.98 Å². The highest BCUT2D eigenvalue weighted by molar-refractivity contribution is 7.99. The number of benzene rings is 1. The quantitative estimate of drug-likeness (QED) is 0.319. The lowest BCUT2D eigenvalue weighted by atomic mass is 10.2. The van der Waals surface area contributed by atoms with Crippen LogP contribution in [-0.4, -0.2) is 39.8 Å². The van der Waals surface area contributed by atoms with Gasteiger partial charge in [-0.2, -0.15) is 8.78 Å². The van der Waals surface area contributed by atoms with Crippen molar-refractivity contribution in [3.05, 3.63) is 50.6 Å². The number of thioether (sulfide) groups is 1. The van der Waals surface area contributed by atoms with E-state index in [1.807, 2.05) is 6.92 Å². The number of ether oxygens (including phenoxy) is 1. The summed E-state index contributed by atoms with van der Waals surface area (Å²) in [6, 6.07) is 6.21. The average Bonchev–Trinajstić information content (AvgIpc) is 3.36. The van der Waals surface area contributed by atoms with Crippen LogP contribution in [0.5, 0.6) is 5.75 Å². The van der Waals surface area contributed by atoms with Gasteiger partial charge in [-0.1, -0.05) is 30.8 Å². The minimum absolute atomic E-state index is 0.00402. The Morgan fingerprint density at radius 3 is 2.76 bits per heavy atom. The monoisotopic (exact) mass is 493 g/mol. The van der Waals surface area contributed by atoms with E-state index in [1.54, 1.807) is 40.0 Å². The minimum Gasteiger partial charge on any atom is -0.435 e. The summed E-state index contributed by atoms with van der Waals surface area (Å²) in [5.74, 6) is 0.114. The lowest BCUT2D eigenvalue weighted by molar-refractivity contribution is -0.127. The van der Waals surface area contributed by atoms with Crippen LogP contribution in [0.3, 0.4) is 0 Å². The van der Waals surface area contributed by atoms with Crippen LogP contribution >= 0.6 is 23.1 Å². The maximum Gasteiger partial charge on any atom is 0.387 e. The Balaban J connectivity index is 1.45. The number of fused-ring (bicyclic) bond motifs is 3. The first-order valence-electron chi connectivity index (χ1n) is 10.8. The first-order valence-corrected chi connectivity index (χ1v) is 12.6. The molecular weight excluding hydrogens is 468 g/mol. The van der Waals surface area contributed by atoms with Crippen LogP contribution in [0.15, 0.2) is 34.2 Å². The van der Waals surface area contributed by atoms with Gasteiger partial charge in [-0.05, 0) is 48.9 Å². The molecule has 0 saturated heterocycles. The van der Waals surface area contributed by atoms with E-state index >= 15 is 0 Å². The van der Waals surface area contributed by atoms with Gasteiger partial charge in [0.25, 0.3) is 5.56 Å². The second kappa shape index (κ2) is 10.2.